The van der Waals surface area contributed by atoms with E-state index in [1.165, 1.54) is 22.8 Å². The maximum Gasteiger partial charge on any atom is 0.341 e. The van der Waals surface area contributed by atoms with Crippen LogP contribution >= 0.6 is 12.4 Å². The summed E-state index contributed by atoms with van der Waals surface area (Å²) in [5.74, 6) is -0.752. The van der Waals surface area contributed by atoms with Crippen LogP contribution in [0.4, 0.5) is 0 Å². The Balaban J connectivity index is 0.00000361. The zero-order valence-corrected chi connectivity index (χ0v) is 20.6. The van der Waals surface area contributed by atoms with Crippen LogP contribution in [0.25, 0.3) is 11.3 Å². The van der Waals surface area contributed by atoms with Gasteiger partial charge in [-0.05, 0) is 35.4 Å². The summed E-state index contributed by atoms with van der Waals surface area (Å²) in [7, 11) is -3.88. The Bertz CT molecular complexity index is 1390. The summed E-state index contributed by atoms with van der Waals surface area (Å²) in [6, 6.07) is 17.2. The maximum atomic E-state index is 13.5. The number of carbonyl (C=O) groups is 1. The van der Waals surface area contributed by atoms with Crippen LogP contribution in [0.1, 0.15) is 11.1 Å². The van der Waals surface area contributed by atoms with Gasteiger partial charge in [0.2, 0.25) is 10.0 Å². The first kappa shape index (κ1) is 26.7. The van der Waals surface area contributed by atoms with Gasteiger partial charge < -0.3 is 9.84 Å². The normalized spacial score (nSPS) is 11.0. The Labute approximate surface area is 214 Å². The lowest BCUT2D eigenvalue weighted by molar-refractivity contribution is -0.139. The molecule has 36 heavy (non-hydrogen) atoms. The molecule has 0 unspecified atom stereocenters. The topological polar surface area (TPSA) is 123 Å². The van der Waals surface area contributed by atoms with Crippen molar-refractivity contribution in [1.29, 1.82) is 0 Å². The summed E-state index contributed by atoms with van der Waals surface area (Å²) in [5.41, 5.74) is 3.02. The molecule has 0 aliphatic heterocycles. The maximum absolute atomic E-state index is 13.5. The van der Waals surface area contributed by atoms with E-state index in [1.807, 2.05) is 24.3 Å². The number of nitrogens with zero attached hydrogens (tertiary/aromatic N) is 4. The lowest BCUT2D eigenvalue weighted by Crippen LogP contribution is -2.30. The summed E-state index contributed by atoms with van der Waals surface area (Å²) >= 11 is 0. The summed E-state index contributed by atoms with van der Waals surface area (Å²) in [5, 5.41) is 8.85. The fraction of sp³-hybridized carbons (Fsp3) is 0.120. The van der Waals surface area contributed by atoms with E-state index in [-0.39, 0.29) is 30.4 Å². The second-order valence-corrected chi connectivity index (χ2v) is 9.52. The molecule has 9 nitrogen and oxygen atoms in total. The van der Waals surface area contributed by atoms with Gasteiger partial charge in [0, 0.05) is 43.4 Å². The van der Waals surface area contributed by atoms with Gasteiger partial charge in [0.25, 0.3) is 0 Å². The van der Waals surface area contributed by atoms with Crippen molar-refractivity contribution in [3.63, 3.8) is 0 Å². The minimum absolute atomic E-state index is 0. The van der Waals surface area contributed by atoms with E-state index in [4.69, 9.17) is 9.84 Å². The van der Waals surface area contributed by atoms with Gasteiger partial charge in [-0.3, -0.25) is 15.0 Å². The van der Waals surface area contributed by atoms with E-state index < -0.39 is 22.6 Å². The number of aliphatic carboxylic acids is 1. The summed E-state index contributed by atoms with van der Waals surface area (Å²) in [6.45, 7) is -0.328. The van der Waals surface area contributed by atoms with Gasteiger partial charge in [-0.15, -0.1) is 12.4 Å². The standard InChI is InChI=1S/C25H22N4O5S.ClH/c30-25(31)18-34-22-4-1-3-20(13-22)17-29(35(32,33)23-5-2-10-26-14-23)16-19-6-8-21(9-7-19)24-15-27-11-12-28-24;/h1-15H,16-18H2,(H,30,31);1H. The molecule has 0 aliphatic carbocycles. The monoisotopic (exact) mass is 526 g/mol. The number of hydrogen-bond donors (Lipinski definition) is 1. The minimum Gasteiger partial charge on any atom is -0.482 e. The summed E-state index contributed by atoms with van der Waals surface area (Å²) in [6.07, 6.45) is 7.69. The lowest BCUT2D eigenvalue weighted by atomic mass is 10.1. The van der Waals surface area contributed by atoms with Crippen LogP contribution in [0, 0.1) is 0 Å². The second kappa shape index (κ2) is 12.2. The molecule has 186 valence electrons. The molecule has 0 aliphatic rings. The first-order valence-electron chi connectivity index (χ1n) is 10.6. The predicted molar refractivity (Wildman–Crippen MR) is 135 cm³/mol. The predicted octanol–water partition coefficient (Wildman–Crippen LogP) is 3.81. The van der Waals surface area contributed by atoms with Crippen molar-refractivity contribution in [3.8, 4) is 17.0 Å². The van der Waals surface area contributed by atoms with Crippen LogP contribution in [0.5, 0.6) is 5.75 Å². The molecule has 0 fully saturated rings. The van der Waals surface area contributed by atoms with Gasteiger partial charge in [-0.25, -0.2) is 13.2 Å². The molecule has 0 radical (unpaired) electrons. The molecule has 0 spiro atoms. The molecule has 4 aromatic rings. The fourth-order valence-electron chi connectivity index (χ4n) is 3.39. The molecule has 1 N–H and O–H groups in total. The molecule has 0 bridgehead atoms. The van der Waals surface area contributed by atoms with Gasteiger partial charge >= 0.3 is 5.97 Å². The smallest absolute Gasteiger partial charge is 0.341 e. The van der Waals surface area contributed by atoms with Gasteiger partial charge in [-0.1, -0.05) is 36.4 Å². The molecule has 0 saturated heterocycles. The first-order chi connectivity index (χ1) is 16.9. The third kappa shape index (κ3) is 6.85. The molecule has 2 aromatic carbocycles. The molecular weight excluding hydrogens is 504 g/mol. The average Bonchev–Trinajstić information content (AvgIpc) is 2.89. The fourth-order valence-corrected chi connectivity index (χ4v) is 4.77. The molecule has 0 atom stereocenters. The summed E-state index contributed by atoms with van der Waals surface area (Å²) < 4.78 is 33.6. The van der Waals surface area contributed by atoms with Crippen LogP contribution in [-0.4, -0.2) is 45.4 Å². The van der Waals surface area contributed by atoms with E-state index in [9.17, 15) is 13.2 Å². The number of aromatic nitrogens is 3. The molecule has 0 saturated carbocycles. The van der Waals surface area contributed by atoms with E-state index in [0.29, 0.717) is 11.3 Å². The highest BCUT2D eigenvalue weighted by atomic mass is 35.5. The van der Waals surface area contributed by atoms with Crippen molar-refractivity contribution < 1.29 is 23.1 Å². The third-order valence-corrected chi connectivity index (χ3v) is 6.84. The highest BCUT2D eigenvalue weighted by Gasteiger charge is 2.25. The minimum atomic E-state index is -3.88. The van der Waals surface area contributed by atoms with Crippen molar-refractivity contribution in [2.75, 3.05) is 6.61 Å². The number of sulfonamides is 1. The zero-order chi connectivity index (χ0) is 24.7. The van der Waals surface area contributed by atoms with E-state index in [0.717, 1.165) is 16.8 Å². The number of benzene rings is 2. The molecule has 2 aromatic heterocycles. The molecule has 2 heterocycles. The van der Waals surface area contributed by atoms with E-state index in [2.05, 4.69) is 15.0 Å². The average molecular weight is 527 g/mol. The van der Waals surface area contributed by atoms with Crippen molar-refractivity contribution in [2.24, 2.45) is 0 Å². The Morgan fingerprint density at radius 3 is 2.31 bits per heavy atom. The van der Waals surface area contributed by atoms with E-state index in [1.54, 1.807) is 48.9 Å². The largest absolute Gasteiger partial charge is 0.482 e. The number of hydrogen-bond acceptors (Lipinski definition) is 7. The van der Waals surface area contributed by atoms with Gasteiger partial charge in [-0.2, -0.15) is 4.31 Å². The molecule has 4 rings (SSSR count). The summed E-state index contributed by atoms with van der Waals surface area (Å²) in [4.78, 5) is 23.2. The molecular formula is C25H23ClN4O5S. The van der Waals surface area contributed by atoms with Gasteiger partial charge in [0.1, 0.15) is 10.6 Å². The van der Waals surface area contributed by atoms with Crippen LogP contribution < -0.4 is 4.74 Å². The Morgan fingerprint density at radius 1 is 0.889 bits per heavy atom. The number of pyridine rings is 1. The quantitative estimate of drug-likeness (QED) is 0.331. The van der Waals surface area contributed by atoms with Crippen LogP contribution in [0.2, 0.25) is 0 Å². The number of rotatable bonds is 10. The van der Waals surface area contributed by atoms with Gasteiger partial charge in [0.05, 0.1) is 11.9 Å². The Hall–Kier alpha value is -3.86. The Morgan fingerprint density at radius 2 is 1.64 bits per heavy atom. The molecule has 0 amide bonds. The SMILES string of the molecule is Cl.O=C(O)COc1cccc(CN(Cc2ccc(-c3cnccn3)cc2)S(=O)(=O)c2cccnc2)c1. The van der Waals surface area contributed by atoms with Crippen molar-refractivity contribution in [1.82, 2.24) is 19.3 Å². The number of ether oxygens (including phenoxy) is 1. The number of carboxylic acid groups (broad SMARTS) is 1. The zero-order valence-electron chi connectivity index (χ0n) is 19.0. The number of halogens is 1. The second-order valence-electron chi connectivity index (χ2n) is 7.58. The van der Waals surface area contributed by atoms with Crippen LogP contribution in [-0.2, 0) is 27.9 Å². The molecule has 11 heteroatoms. The third-order valence-electron chi connectivity index (χ3n) is 5.06. The van der Waals surface area contributed by atoms with Crippen LogP contribution in [0.15, 0.2) is 96.5 Å². The first-order valence-corrected chi connectivity index (χ1v) is 12.0. The van der Waals surface area contributed by atoms with Crippen molar-refractivity contribution in [2.45, 2.75) is 18.0 Å². The van der Waals surface area contributed by atoms with Crippen molar-refractivity contribution in [3.05, 3.63) is 103 Å². The van der Waals surface area contributed by atoms with E-state index >= 15 is 0 Å². The van der Waals surface area contributed by atoms with Gasteiger partial charge in [0.15, 0.2) is 6.61 Å². The lowest BCUT2D eigenvalue weighted by Gasteiger charge is -2.23. The highest BCUT2D eigenvalue weighted by molar-refractivity contribution is 7.89. The Kier molecular flexibility index (Phi) is 9.07. The van der Waals surface area contributed by atoms with Crippen LogP contribution in [0.3, 0.4) is 0 Å². The van der Waals surface area contributed by atoms with Crippen molar-refractivity contribution >= 4 is 28.4 Å². The number of carboxylic acids is 1. The highest BCUT2D eigenvalue weighted by Crippen LogP contribution is 2.24.